The molecule has 208 valence electrons. The third kappa shape index (κ3) is 5.28. The van der Waals surface area contributed by atoms with E-state index in [-0.39, 0.29) is 0 Å². The number of nitrogens with zero attached hydrogens (tertiary/aromatic N) is 6. The minimum atomic E-state index is -0.772. The van der Waals surface area contributed by atoms with Gasteiger partial charge in [-0.2, -0.15) is 10.2 Å². The molecule has 0 saturated heterocycles. The highest BCUT2D eigenvalue weighted by Gasteiger charge is 2.26. The van der Waals surface area contributed by atoms with Gasteiger partial charge in [0.2, 0.25) is 0 Å². The summed E-state index contributed by atoms with van der Waals surface area (Å²) in [5.41, 5.74) is 6.92. The molecule has 11 heteroatoms. The summed E-state index contributed by atoms with van der Waals surface area (Å²) in [6.45, 7) is 3.06. The minimum absolute atomic E-state index is 0.671. The lowest BCUT2D eigenvalue weighted by Crippen LogP contribution is -2.24. The summed E-state index contributed by atoms with van der Waals surface area (Å²) in [5.74, 6) is 1.50. The van der Waals surface area contributed by atoms with Gasteiger partial charge in [-0.1, -0.05) is 30.3 Å². The number of hydrogen-bond acceptors (Lipinski definition) is 8. The fourth-order valence-corrected chi connectivity index (χ4v) is 7.11. The number of hydrogen-bond donors (Lipinski definition) is 2. The van der Waals surface area contributed by atoms with Crippen molar-refractivity contribution < 1.29 is 4.21 Å². The Morgan fingerprint density at radius 2 is 1.98 bits per heavy atom. The van der Waals surface area contributed by atoms with Gasteiger partial charge in [0.25, 0.3) is 0 Å². The van der Waals surface area contributed by atoms with Crippen LogP contribution in [0, 0.1) is 0 Å². The normalized spacial score (nSPS) is 13.4. The van der Waals surface area contributed by atoms with Crippen molar-refractivity contribution in [2.45, 2.75) is 25.9 Å². The standard InChI is InChI=1S/C30H30N8OS2/c1-41(39)14-12-31-11-13-37-18-24-25(36-37)9-8-23-27-29(32-19-33-30(27)40-28(23)24)35-22-7-10-26-21(15-22)16-34-38(26)17-20-5-3-2-4-6-20/h2-7,10,15-16,18-19,31H,8-9,11-14,17H2,1H3,(H,32,33,35). The minimum Gasteiger partial charge on any atom is -0.340 e. The highest BCUT2D eigenvalue weighted by Crippen LogP contribution is 2.45. The highest BCUT2D eigenvalue weighted by atomic mass is 32.2. The first-order chi connectivity index (χ1) is 20.1. The largest absolute Gasteiger partial charge is 0.340 e. The number of rotatable bonds is 10. The summed E-state index contributed by atoms with van der Waals surface area (Å²) in [4.78, 5) is 11.5. The Kier molecular flexibility index (Phi) is 7.07. The first kappa shape index (κ1) is 26.0. The lowest BCUT2D eigenvalue weighted by molar-refractivity contribution is 0.560. The Morgan fingerprint density at radius 3 is 2.85 bits per heavy atom. The second-order valence-electron chi connectivity index (χ2n) is 10.3. The molecule has 9 nitrogen and oxygen atoms in total. The van der Waals surface area contributed by atoms with E-state index in [0.29, 0.717) is 5.75 Å². The number of benzene rings is 2. The van der Waals surface area contributed by atoms with E-state index < -0.39 is 10.8 Å². The van der Waals surface area contributed by atoms with Crippen LogP contribution in [0.25, 0.3) is 31.6 Å². The van der Waals surface area contributed by atoms with Crippen LogP contribution >= 0.6 is 11.3 Å². The number of anilines is 2. The average Bonchev–Trinajstić information content (AvgIpc) is 3.68. The number of nitrogens with one attached hydrogen (secondary N) is 2. The van der Waals surface area contributed by atoms with Crippen LogP contribution in [-0.4, -0.2) is 58.8 Å². The molecular formula is C30H30N8OS2. The Bertz CT molecular complexity index is 1870. The van der Waals surface area contributed by atoms with Gasteiger partial charge in [-0.3, -0.25) is 13.6 Å². The molecule has 0 saturated carbocycles. The Morgan fingerprint density at radius 1 is 1.07 bits per heavy atom. The second kappa shape index (κ2) is 11.2. The van der Waals surface area contributed by atoms with Crippen LogP contribution in [0.4, 0.5) is 11.5 Å². The molecule has 4 heterocycles. The first-order valence-corrected chi connectivity index (χ1v) is 16.3. The molecule has 0 spiro atoms. The molecule has 1 unspecified atom stereocenters. The van der Waals surface area contributed by atoms with Crippen LogP contribution in [0.3, 0.4) is 0 Å². The molecule has 4 aromatic heterocycles. The van der Waals surface area contributed by atoms with Gasteiger partial charge in [-0.25, -0.2) is 9.97 Å². The van der Waals surface area contributed by atoms with Gasteiger partial charge in [0, 0.05) is 63.6 Å². The van der Waals surface area contributed by atoms with Gasteiger partial charge < -0.3 is 10.6 Å². The summed E-state index contributed by atoms with van der Waals surface area (Å²) in [6, 6.07) is 16.7. The van der Waals surface area contributed by atoms with Crippen LogP contribution in [0.5, 0.6) is 0 Å². The molecule has 0 aliphatic heterocycles. The van der Waals surface area contributed by atoms with Crippen molar-refractivity contribution in [1.29, 1.82) is 0 Å². The molecule has 2 aromatic carbocycles. The lowest BCUT2D eigenvalue weighted by Gasteiger charge is -2.12. The van der Waals surface area contributed by atoms with Gasteiger partial charge in [-0.05, 0) is 42.2 Å². The first-order valence-electron chi connectivity index (χ1n) is 13.7. The fraction of sp³-hybridized carbons (Fsp3) is 0.267. The van der Waals surface area contributed by atoms with Gasteiger partial charge in [0.1, 0.15) is 17.0 Å². The zero-order valence-electron chi connectivity index (χ0n) is 22.7. The lowest BCUT2D eigenvalue weighted by atomic mass is 9.95. The summed E-state index contributed by atoms with van der Waals surface area (Å²) < 4.78 is 15.3. The van der Waals surface area contributed by atoms with E-state index in [1.165, 1.54) is 21.6 Å². The molecule has 6 aromatic rings. The zero-order chi connectivity index (χ0) is 27.8. The van der Waals surface area contributed by atoms with Gasteiger partial charge >= 0.3 is 0 Å². The Balaban J connectivity index is 1.13. The van der Waals surface area contributed by atoms with Crippen LogP contribution in [-0.2, 0) is 36.7 Å². The van der Waals surface area contributed by atoms with E-state index >= 15 is 0 Å². The highest BCUT2D eigenvalue weighted by molar-refractivity contribution is 7.84. The third-order valence-corrected chi connectivity index (χ3v) is 9.40. The number of aryl methyl sites for hydroxylation is 2. The van der Waals surface area contributed by atoms with E-state index in [4.69, 9.17) is 5.10 Å². The third-order valence-electron chi connectivity index (χ3n) is 7.45. The van der Waals surface area contributed by atoms with Gasteiger partial charge in [0.15, 0.2) is 0 Å². The molecule has 1 atom stereocenters. The van der Waals surface area contributed by atoms with Crippen molar-refractivity contribution in [2.75, 3.05) is 30.4 Å². The molecule has 0 bridgehead atoms. The summed E-state index contributed by atoms with van der Waals surface area (Å²) >= 11 is 1.72. The SMILES string of the molecule is CS(=O)CCNCCn1cc2c(n1)CCc1c-2sc2ncnc(Nc3ccc4c(cnn4Cc4ccccc4)c3)c12. The number of fused-ring (bicyclic) bond motifs is 6. The second-order valence-corrected chi connectivity index (χ2v) is 12.8. The summed E-state index contributed by atoms with van der Waals surface area (Å²) in [6.07, 6.45) is 9.26. The average molecular weight is 583 g/mol. The Hall–Kier alpha value is -3.93. The van der Waals surface area contributed by atoms with E-state index in [1.807, 2.05) is 21.6 Å². The van der Waals surface area contributed by atoms with Crippen molar-refractivity contribution in [2.24, 2.45) is 0 Å². The molecule has 7 rings (SSSR count). The summed E-state index contributed by atoms with van der Waals surface area (Å²) in [5, 5.41) is 18.6. The van der Waals surface area contributed by atoms with Crippen molar-refractivity contribution in [3.8, 4) is 10.4 Å². The maximum Gasteiger partial charge on any atom is 0.142 e. The van der Waals surface area contributed by atoms with Gasteiger partial charge in [0.05, 0.1) is 35.9 Å². The predicted octanol–water partition coefficient (Wildman–Crippen LogP) is 4.76. The van der Waals surface area contributed by atoms with E-state index in [2.05, 4.69) is 74.4 Å². The fourth-order valence-electron chi connectivity index (χ4n) is 5.45. The van der Waals surface area contributed by atoms with Gasteiger partial charge in [-0.15, -0.1) is 11.3 Å². The monoisotopic (exact) mass is 582 g/mol. The van der Waals surface area contributed by atoms with Crippen LogP contribution < -0.4 is 10.6 Å². The molecule has 2 N–H and O–H groups in total. The van der Waals surface area contributed by atoms with Crippen molar-refractivity contribution >= 4 is 54.8 Å². The maximum absolute atomic E-state index is 11.3. The quantitative estimate of drug-likeness (QED) is 0.225. The van der Waals surface area contributed by atoms with E-state index in [1.54, 1.807) is 23.9 Å². The number of aromatic nitrogens is 6. The van der Waals surface area contributed by atoms with Crippen molar-refractivity contribution in [3.05, 3.63) is 84.1 Å². The van der Waals surface area contributed by atoms with Crippen LogP contribution in [0.15, 0.2) is 67.3 Å². The molecule has 0 radical (unpaired) electrons. The van der Waals surface area contributed by atoms with E-state index in [0.717, 1.165) is 77.3 Å². The van der Waals surface area contributed by atoms with Crippen molar-refractivity contribution in [3.63, 3.8) is 0 Å². The summed E-state index contributed by atoms with van der Waals surface area (Å²) in [7, 11) is -0.772. The molecule has 0 fully saturated rings. The van der Waals surface area contributed by atoms with E-state index in [9.17, 15) is 4.21 Å². The zero-order valence-corrected chi connectivity index (χ0v) is 24.3. The molecule has 0 amide bonds. The number of thiophene rings is 1. The predicted molar refractivity (Wildman–Crippen MR) is 166 cm³/mol. The molecular weight excluding hydrogens is 553 g/mol. The molecule has 1 aliphatic carbocycles. The smallest absolute Gasteiger partial charge is 0.142 e. The van der Waals surface area contributed by atoms with Crippen LogP contribution in [0.1, 0.15) is 16.8 Å². The molecule has 41 heavy (non-hydrogen) atoms. The molecule has 1 aliphatic rings. The topological polar surface area (TPSA) is 103 Å². The van der Waals surface area contributed by atoms with Crippen molar-refractivity contribution in [1.82, 2.24) is 34.8 Å². The van der Waals surface area contributed by atoms with Crippen LogP contribution in [0.2, 0.25) is 0 Å². The maximum atomic E-state index is 11.3. The Labute approximate surface area is 244 Å².